The molecule has 8 heteroatoms. The Balaban J connectivity index is 2.09. The number of fused-ring (bicyclic) bond motifs is 1. The van der Waals surface area contributed by atoms with Crippen molar-refractivity contribution in [3.05, 3.63) is 29.6 Å². The van der Waals surface area contributed by atoms with Crippen LogP contribution in [0.3, 0.4) is 0 Å². The van der Waals surface area contributed by atoms with E-state index in [1.54, 1.807) is 6.92 Å². The number of hydrazone groups is 1. The van der Waals surface area contributed by atoms with Crippen molar-refractivity contribution in [1.29, 1.82) is 0 Å². The molecule has 1 aromatic carbocycles. The van der Waals surface area contributed by atoms with E-state index in [4.69, 9.17) is 0 Å². The van der Waals surface area contributed by atoms with Crippen molar-refractivity contribution in [1.82, 2.24) is 15.4 Å². The maximum Gasteiger partial charge on any atom is 0.299 e. The highest BCUT2D eigenvalue weighted by Crippen LogP contribution is 2.22. The lowest BCUT2D eigenvalue weighted by molar-refractivity contribution is 0.261. The van der Waals surface area contributed by atoms with Crippen molar-refractivity contribution in [2.45, 2.75) is 12.2 Å². The van der Waals surface area contributed by atoms with Crippen molar-refractivity contribution in [2.24, 2.45) is 5.10 Å². The predicted octanol–water partition coefficient (Wildman–Crippen LogP) is 2.39. The molecule has 1 atom stereocenters. The Morgan fingerprint density at radius 2 is 2.05 bits per heavy atom. The summed E-state index contributed by atoms with van der Waals surface area (Å²) in [6, 6.07) is 2.06. The molecular formula is C11H8F2N4OS. The van der Waals surface area contributed by atoms with Crippen molar-refractivity contribution < 1.29 is 13.6 Å². The molecule has 1 aliphatic rings. The van der Waals surface area contributed by atoms with E-state index in [-0.39, 0.29) is 10.5 Å². The summed E-state index contributed by atoms with van der Waals surface area (Å²) in [5.41, 5.74) is 3.55. The van der Waals surface area contributed by atoms with Crippen LogP contribution in [0.25, 0.3) is 11.0 Å². The quantitative estimate of drug-likeness (QED) is 0.843. The van der Waals surface area contributed by atoms with Gasteiger partial charge in [-0.25, -0.2) is 19.2 Å². The number of nitrogens with zero attached hydrogens (tertiary/aromatic N) is 2. The number of thioether (sulfide) groups is 1. The van der Waals surface area contributed by atoms with Crippen LogP contribution < -0.4 is 5.43 Å². The molecule has 2 heterocycles. The first-order chi connectivity index (χ1) is 9.04. The van der Waals surface area contributed by atoms with Crippen LogP contribution in [0.15, 0.2) is 17.2 Å². The zero-order valence-corrected chi connectivity index (χ0v) is 10.5. The van der Waals surface area contributed by atoms with Gasteiger partial charge in [-0.15, -0.1) is 0 Å². The Morgan fingerprint density at radius 3 is 2.79 bits per heavy atom. The number of benzene rings is 1. The Morgan fingerprint density at radius 1 is 1.32 bits per heavy atom. The van der Waals surface area contributed by atoms with Gasteiger partial charge in [0.15, 0.2) is 17.5 Å². The summed E-state index contributed by atoms with van der Waals surface area (Å²) >= 11 is 1.07. The Labute approximate surface area is 110 Å². The fraction of sp³-hybridized carbons (Fsp3) is 0.182. The molecule has 2 aromatic rings. The molecule has 0 saturated heterocycles. The van der Waals surface area contributed by atoms with E-state index in [9.17, 15) is 13.6 Å². The fourth-order valence-electron chi connectivity index (χ4n) is 1.81. The number of hydrogen-bond donors (Lipinski definition) is 2. The first kappa shape index (κ1) is 12.1. The molecule has 0 spiro atoms. The largest absolute Gasteiger partial charge is 0.337 e. The molecule has 5 nitrogen and oxygen atoms in total. The van der Waals surface area contributed by atoms with Crippen LogP contribution in [0.1, 0.15) is 12.7 Å². The first-order valence-corrected chi connectivity index (χ1v) is 6.32. The number of aromatic amines is 1. The molecule has 0 bridgehead atoms. The van der Waals surface area contributed by atoms with Crippen LogP contribution in [0, 0.1) is 11.6 Å². The third-order valence-electron chi connectivity index (χ3n) is 2.70. The highest BCUT2D eigenvalue weighted by molar-refractivity contribution is 8.14. The molecule has 0 saturated carbocycles. The van der Waals surface area contributed by atoms with Crippen LogP contribution in [0.5, 0.6) is 0 Å². The number of nitrogens with one attached hydrogen (secondary N) is 2. The van der Waals surface area contributed by atoms with Crippen LogP contribution in [0.4, 0.5) is 13.6 Å². The number of amides is 1. The van der Waals surface area contributed by atoms with Crippen molar-refractivity contribution in [3.63, 3.8) is 0 Å². The van der Waals surface area contributed by atoms with Gasteiger partial charge in [0, 0.05) is 12.1 Å². The lowest BCUT2D eigenvalue weighted by Gasteiger charge is -2.16. The number of aromatic nitrogens is 2. The number of carbonyl (C=O) groups excluding carboxylic acids is 1. The topological polar surface area (TPSA) is 70.1 Å². The van der Waals surface area contributed by atoms with Crippen LogP contribution in [-0.4, -0.2) is 26.2 Å². The van der Waals surface area contributed by atoms with Gasteiger partial charge in [-0.1, -0.05) is 11.8 Å². The molecule has 0 aliphatic carbocycles. The van der Waals surface area contributed by atoms with E-state index in [2.05, 4.69) is 20.5 Å². The monoisotopic (exact) mass is 282 g/mol. The molecule has 19 heavy (non-hydrogen) atoms. The first-order valence-electron chi connectivity index (χ1n) is 5.44. The average molecular weight is 282 g/mol. The molecule has 3 rings (SSSR count). The zero-order chi connectivity index (χ0) is 13.6. The minimum absolute atomic E-state index is 0.191. The number of hydrogen-bond acceptors (Lipinski definition) is 4. The van der Waals surface area contributed by atoms with E-state index in [0.29, 0.717) is 22.6 Å². The lowest BCUT2D eigenvalue weighted by Crippen LogP contribution is -2.30. The van der Waals surface area contributed by atoms with Crippen molar-refractivity contribution >= 4 is 33.7 Å². The van der Waals surface area contributed by atoms with E-state index in [0.717, 1.165) is 23.9 Å². The van der Waals surface area contributed by atoms with Gasteiger partial charge >= 0.3 is 0 Å². The fourth-order valence-corrected chi connectivity index (χ4v) is 2.51. The summed E-state index contributed by atoms with van der Waals surface area (Å²) in [5.74, 6) is -1.50. The van der Waals surface area contributed by atoms with Gasteiger partial charge in [0.25, 0.3) is 5.24 Å². The normalized spacial score (nSPS) is 19.4. The maximum atomic E-state index is 13.1. The molecule has 98 valence electrons. The van der Waals surface area contributed by atoms with Crippen LogP contribution >= 0.6 is 11.8 Å². The highest BCUT2D eigenvalue weighted by Gasteiger charge is 2.25. The summed E-state index contributed by atoms with van der Waals surface area (Å²) in [4.78, 5) is 18.1. The molecular weight excluding hydrogens is 274 g/mol. The second-order valence-corrected chi connectivity index (χ2v) is 5.34. The Hall–Kier alpha value is -1.96. The molecule has 2 N–H and O–H groups in total. The molecule has 0 radical (unpaired) electrons. The third-order valence-corrected chi connectivity index (χ3v) is 3.59. The van der Waals surface area contributed by atoms with E-state index in [1.165, 1.54) is 0 Å². The van der Waals surface area contributed by atoms with E-state index in [1.807, 2.05) is 0 Å². The van der Waals surface area contributed by atoms with Gasteiger partial charge in [0.1, 0.15) is 5.71 Å². The summed E-state index contributed by atoms with van der Waals surface area (Å²) < 4.78 is 26.2. The smallest absolute Gasteiger partial charge is 0.299 e. The molecule has 1 aromatic heterocycles. The molecule has 1 unspecified atom stereocenters. The standard InChI is InChI=1S/C11H8F2N4OS/c1-4-9(16-17-11(18)19-4)10-14-7-2-5(12)6(13)3-8(7)15-10/h2-4H,1H3,(H,14,15)(H,17,18). The van der Waals surface area contributed by atoms with Gasteiger partial charge in [0.05, 0.1) is 16.3 Å². The summed E-state index contributed by atoms with van der Waals surface area (Å²) in [6.45, 7) is 1.80. The van der Waals surface area contributed by atoms with Crippen LogP contribution in [0.2, 0.25) is 0 Å². The number of carbonyl (C=O) groups is 1. The summed E-state index contributed by atoms with van der Waals surface area (Å²) in [5, 5.41) is 3.48. The molecule has 1 amide bonds. The van der Waals surface area contributed by atoms with E-state index >= 15 is 0 Å². The number of H-pyrrole nitrogens is 1. The SMILES string of the molecule is CC1SC(=O)NN=C1c1nc2cc(F)c(F)cc2[nH]1. The molecule has 0 fully saturated rings. The Kier molecular flexibility index (Phi) is 2.74. The van der Waals surface area contributed by atoms with Crippen LogP contribution in [-0.2, 0) is 0 Å². The second kappa shape index (κ2) is 4.30. The van der Waals surface area contributed by atoms with Crippen molar-refractivity contribution in [2.75, 3.05) is 0 Å². The summed E-state index contributed by atoms with van der Waals surface area (Å²) in [6.07, 6.45) is 0. The predicted molar refractivity (Wildman–Crippen MR) is 68.1 cm³/mol. The second-order valence-electron chi connectivity index (χ2n) is 4.03. The van der Waals surface area contributed by atoms with Gasteiger partial charge in [-0.2, -0.15) is 5.10 Å². The minimum Gasteiger partial charge on any atom is -0.337 e. The average Bonchev–Trinajstić information content (AvgIpc) is 2.72. The highest BCUT2D eigenvalue weighted by atomic mass is 32.2. The summed E-state index contributed by atoms with van der Waals surface area (Å²) in [7, 11) is 0. The number of halogens is 2. The lowest BCUT2D eigenvalue weighted by atomic mass is 10.3. The molecule has 1 aliphatic heterocycles. The van der Waals surface area contributed by atoms with Gasteiger partial charge in [0.2, 0.25) is 0 Å². The Bertz CT molecular complexity index is 673. The van der Waals surface area contributed by atoms with Gasteiger partial charge in [-0.05, 0) is 6.92 Å². The van der Waals surface area contributed by atoms with Gasteiger partial charge < -0.3 is 4.98 Å². The van der Waals surface area contributed by atoms with Gasteiger partial charge in [-0.3, -0.25) is 4.79 Å². The maximum absolute atomic E-state index is 13.1. The third kappa shape index (κ3) is 2.07. The van der Waals surface area contributed by atoms with E-state index < -0.39 is 11.6 Å². The number of rotatable bonds is 1. The minimum atomic E-state index is -0.952. The number of imidazole rings is 1. The van der Waals surface area contributed by atoms with Crippen molar-refractivity contribution in [3.8, 4) is 0 Å². The zero-order valence-electron chi connectivity index (χ0n) is 9.70.